The number of sulfonamides is 1. The Labute approximate surface area is 177 Å². The summed E-state index contributed by atoms with van der Waals surface area (Å²) in [5.41, 5.74) is 0.645. The number of nitrogens with one attached hydrogen (secondary N) is 1. The van der Waals surface area contributed by atoms with E-state index in [4.69, 9.17) is 11.6 Å². The summed E-state index contributed by atoms with van der Waals surface area (Å²) in [7, 11) is -1.73. The molecule has 0 aliphatic carbocycles. The fourth-order valence-corrected chi connectivity index (χ4v) is 5.57. The number of halogens is 1. The van der Waals surface area contributed by atoms with Gasteiger partial charge in [-0.1, -0.05) is 11.6 Å². The van der Waals surface area contributed by atoms with Gasteiger partial charge in [0.2, 0.25) is 10.0 Å². The van der Waals surface area contributed by atoms with Crippen LogP contribution in [0.3, 0.4) is 0 Å². The second-order valence-electron chi connectivity index (χ2n) is 6.22. The third-order valence-corrected chi connectivity index (χ3v) is 7.18. The van der Waals surface area contributed by atoms with Crippen molar-refractivity contribution in [3.05, 3.63) is 58.1 Å². The number of rotatable bonds is 5. The van der Waals surface area contributed by atoms with E-state index in [0.717, 1.165) is 28.3 Å². The minimum atomic E-state index is -4.06. The molecule has 2 aromatic rings. The highest BCUT2D eigenvalue weighted by Gasteiger charge is 2.28. The highest BCUT2D eigenvalue weighted by Crippen LogP contribution is 2.38. The molecule has 2 aromatic carbocycles. The quantitative estimate of drug-likeness (QED) is 0.689. The van der Waals surface area contributed by atoms with E-state index in [9.17, 15) is 18.0 Å². The van der Waals surface area contributed by atoms with Gasteiger partial charge in [0, 0.05) is 16.0 Å². The molecule has 10 heteroatoms. The van der Waals surface area contributed by atoms with Crippen LogP contribution in [0.2, 0.25) is 5.02 Å². The third kappa shape index (κ3) is 4.75. The number of methoxy groups -OCH3 is 2. The molecule has 7 nitrogen and oxygen atoms in total. The lowest BCUT2D eigenvalue weighted by molar-refractivity contribution is 0.0598. The summed E-state index contributed by atoms with van der Waals surface area (Å²) in [5, 5.41) is 0.510. The Kier molecular flexibility index (Phi) is 6.52. The van der Waals surface area contributed by atoms with Crippen LogP contribution in [0.1, 0.15) is 38.7 Å². The average Bonchev–Trinajstić information content (AvgIpc) is 2.72. The lowest BCUT2D eigenvalue weighted by Gasteiger charge is -2.26. The zero-order valence-corrected chi connectivity index (χ0v) is 18.0. The molecule has 0 spiro atoms. The van der Waals surface area contributed by atoms with Crippen LogP contribution in [-0.4, -0.2) is 40.3 Å². The van der Waals surface area contributed by atoms with Crippen LogP contribution in [0.5, 0.6) is 0 Å². The Morgan fingerprint density at radius 2 is 1.69 bits per heavy atom. The Hall–Kier alpha value is -2.07. The molecule has 0 aromatic heterocycles. The van der Waals surface area contributed by atoms with Gasteiger partial charge in [0.05, 0.1) is 30.2 Å². The lowest BCUT2D eigenvalue weighted by Crippen LogP contribution is -2.31. The van der Waals surface area contributed by atoms with E-state index >= 15 is 0 Å². The van der Waals surface area contributed by atoms with Crippen molar-refractivity contribution >= 4 is 45.3 Å². The summed E-state index contributed by atoms with van der Waals surface area (Å²) in [5.74, 6) is -0.797. The molecule has 154 valence electrons. The van der Waals surface area contributed by atoms with Crippen molar-refractivity contribution in [2.24, 2.45) is 0 Å². The van der Waals surface area contributed by atoms with Gasteiger partial charge in [-0.05, 0) is 54.1 Å². The first-order chi connectivity index (χ1) is 13.7. The normalized spacial score (nSPS) is 16.0. The largest absolute Gasteiger partial charge is 0.465 e. The van der Waals surface area contributed by atoms with Gasteiger partial charge in [0.15, 0.2) is 0 Å². The number of hydrogen-bond acceptors (Lipinski definition) is 7. The van der Waals surface area contributed by atoms with Crippen molar-refractivity contribution in [1.82, 2.24) is 4.72 Å². The van der Waals surface area contributed by atoms with Crippen molar-refractivity contribution < 1.29 is 27.5 Å². The number of carbonyl (C=O) groups excluding carboxylic acids is 2. The number of benzene rings is 2. The van der Waals surface area contributed by atoms with E-state index in [2.05, 4.69) is 14.2 Å². The molecule has 0 saturated carbocycles. The minimum Gasteiger partial charge on any atom is -0.465 e. The summed E-state index contributed by atoms with van der Waals surface area (Å²) >= 11 is 7.71. The van der Waals surface area contributed by atoms with Crippen LogP contribution in [0.4, 0.5) is 0 Å². The Morgan fingerprint density at radius 3 is 2.28 bits per heavy atom. The zero-order chi connectivity index (χ0) is 21.2. The van der Waals surface area contributed by atoms with Gasteiger partial charge in [0.25, 0.3) is 0 Å². The molecule has 1 unspecified atom stereocenters. The molecule has 1 heterocycles. The van der Waals surface area contributed by atoms with Crippen LogP contribution >= 0.6 is 23.4 Å². The van der Waals surface area contributed by atoms with Gasteiger partial charge in [-0.3, -0.25) is 0 Å². The van der Waals surface area contributed by atoms with Crippen molar-refractivity contribution in [3.8, 4) is 0 Å². The summed E-state index contributed by atoms with van der Waals surface area (Å²) < 4.78 is 38.1. The Bertz CT molecular complexity index is 1040. The second kappa shape index (κ2) is 8.74. The van der Waals surface area contributed by atoms with E-state index < -0.39 is 28.0 Å². The summed E-state index contributed by atoms with van der Waals surface area (Å²) in [6.07, 6.45) is 0.567. The van der Waals surface area contributed by atoms with Crippen molar-refractivity contribution in [3.63, 3.8) is 0 Å². The Morgan fingerprint density at radius 1 is 1.07 bits per heavy atom. The monoisotopic (exact) mass is 455 g/mol. The SMILES string of the molecule is COC(=O)c1cc(C(=O)OC)cc(S(=O)(=O)NC2CCSc3ccc(Cl)cc32)c1. The molecule has 0 fully saturated rings. The first kappa shape index (κ1) is 21.6. The zero-order valence-electron chi connectivity index (χ0n) is 15.6. The molecule has 0 radical (unpaired) electrons. The predicted molar refractivity (Wildman–Crippen MR) is 109 cm³/mol. The van der Waals surface area contributed by atoms with Crippen LogP contribution in [0.25, 0.3) is 0 Å². The van der Waals surface area contributed by atoms with Gasteiger partial charge >= 0.3 is 11.9 Å². The second-order valence-corrected chi connectivity index (χ2v) is 9.51. The molecule has 1 atom stereocenters. The van der Waals surface area contributed by atoms with Gasteiger partial charge in [-0.2, -0.15) is 0 Å². The number of esters is 2. The van der Waals surface area contributed by atoms with E-state index in [-0.39, 0.29) is 16.0 Å². The summed E-state index contributed by atoms with van der Waals surface area (Å²) in [6.45, 7) is 0. The van der Waals surface area contributed by atoms with Crippen molar-refractivity contribution in [2.75, 3.05) is 20.0 Å². The van der Waals surface area contributed by atoms with Crippen LogP contribution < -0.4 is 4.72 Å². The van der Waals surface area contributed by atoms with E-state index in [1.165, 1.54) is 20.3 Å². The third-order valence-electron chi connectivity index (χ3n) is 4.37. The number of thioether (sulfide) groups is 1. The fourth-order valence-electron chi connectivity index (χ4n) is 2.97. The maximum absolute atomic E-state index is 13.1. The molecule has 1 N–H and O–H groups in total. The molecule has 0 bridgehead atoms. The number of ether oxygens (including phenoxy) is 2. The van der Waals surface area contributed by atoms with E-state index in [1.54, 1.807) is 23.9 Å². The molecular formula is C19H18ClNO6S2. The molecular weight excluding hydrogens is 438 g/mol. The molecule has 1 aliphatic heterocycles. The molecule has 3 rings (SSSR count). The Balaban J connectivity index is 2.01. The van der Waals surface area contributed by atoms with E-state index in [0.29, 0.717) is 11.4 Å². The summed E-state index contributed by atoms with van der Waals surface area (Å²) in [4.78, 5) is 24.6. The molecule has 1 aliphatic rings. The molecule has 0 amide bonds. The first-order valence-electron chi connectivity index (χ1n) is 8.51. The molecule has 29 heavy (non-hydrogen) atoms. The topological polar surface area (TPSA) is 98.8 Å². The average molecular weight is 456 g/mol. The van der Waals surface area contributed by atoms with Gasteiger partial charge < -0.3 is 9.47 Å². The summed E-state index contributed by atoms with van der Waals surface area (Å²) in [6, 6.07) is 8.42. The van der Waals surface area contributed by atoms with Gasteiger partial charge in [-0.15, -0.1) is 11.8 Å². The smallest absolute Gasteiger partial charge is 0.337 e. The van der Waals surface area contributed by atoms with Crippen molar-refractivity contribution in [2.45, 2.75) is 22.3 Å². The predicted octanol–water partition coefficient (Wildman–Crippen LogP) is 3.43. The first-order valence-corrected chi connectivity index (χ1v) is 11.4. The van der Waals surface area contributed by atoms with Gasteiger partial charge in [-0.25, -0.2) is 22.7 Å². The maximum Gasteiger partial charge on any atom is 0.337 e. The van der Waals surface area contributed by atoms with Crippen LogP contribution in [-0.2, 0) is 19.5 Å². The number of carbonyl (C=O) groups is 2. The number of fused-ring (bicyclic) bond motifs is 1. The minimum absolute atomic E-state index is 0.0709. The van der Waals surface area contributed by atoms with E-state index in [1.807, 2.05) is 6.07 Å². The van der Waals surface area contributed by atoms with Gasteiger partial charge in [0.1, 0.15) is 0 Å². The standard InChI is InChI=1S/C19H18ClNO6S2/c1-26-18(22)11-7-12(19(23)27-2)9-14(8-11)29(24,25)21-16-5-6-28-17-4-3-13(20)10-15(16)17/h3-4,7-10,16,21H,5-6H2,1-2H3. The van der Waals surface area contributed by atoms with Crippen LogP contribution in [0, 0.1) is 0 Å². The van der Waals surface area contributed by atoms with Crippen molar-refractivity contribution in [1.29, 1.82) is 0 Å². The number of hydrogen-bond donors (Lipinski definition) is 1. The highest BCUT2D eigenvalue weighted by atomic mass is 35.5. The fraction of sp³-hybridized carbons (Fsp3) is 0.263. The lowest BCUT2D eigenvalue weighted by atomic mass is 10.1. The molecule has 0 saturated heterocycles. The van der Waals surface area contributed by atoms with Crippen LogP contribution in [0.15, 0.2) is 46.2 Å². The maximum atomic E-state index is 13.1. The highest BCUT2D eigenvalue weighted by molar-refractivity contribution is 7.99.